The first-order chi connectivity index (χ1) is 14.4. The number of hydrogen-bond donors (Lipinski definition) is 3. The standard InChI is InChI=1S/C21H28N4O4S/c1-2-28-20(27)24-19(30)21-7-16(9-23-13-21)10-25(14-21)11-17(26)12-29-18-5-3-15(8-22)4-6-18/h3-6,16-17,23,26H,2,7,9-14H2,1H3,(H,24,27,30). The number of carbonyl (C=O) groups excluding carboxylic acids is 1. The molecule has 3 atom stereocenters. The predicted molar refractivity (Wildman–Crippen MR) is 115 cm³/mol. The third-order valence-electron chi connectivity index (χ3n) is 5.49. The van der Waals surface area contributed by atoms with Crippen LogP contribution in [0.4, 0.5) is 4.79 Å². The zero-order valence-corrected chi connectivity index (χ0v) is 17.9. The zero-order chi connectivity index (χ0) is 21.6. The fourth-order valence-corrected chi connectivity index (χ4v) is 4.57. The average molecular weight is 433 g/mol. The van der Waals surface area contributed by atoms with Gasteiger partial charge in [-0.2, -0.15) is 5.26 Å². The molecule has 0 spiro atoms. The molecule has 30 heavy (non-hydrogen) atoms. The van der Waals surface area contributed by atoms with Crippen LogP contribution in [-0.4, -0.2) is 73.1 Å². The fraction of sp³-hybridized carbons (Fsp3) is 0.571. The quantitative estimate of drug-likeness (QED) is 0.554. The highest BCUT2D eigenvalue weighted by Crippen LogP contribution is 2.36. The van der Waals surface area contributed by atoms with Crippen LogP contribution in [0.15, 0.2) is 24.3 Å². The molecule has 9 heteroatoms. The first-order valence-corrected chi connectivity index (χ1v) is 10.6. The summed E-state index contributed by atoms with van der Waals surface area (Å²) in [6.45, 7) is 5.73. The van der Waals surface area contributed by atoms with E-state index in [9.17, 15) is 9.90 Å². The van der Waals surface area contributed by atoms with Gasteiger partial charge in [-0.05, 0) is 50.1 Å². The Morgan fingerprint density at radius 1 is 1.50 bits per heavy atom. The molecule has 2 saturated heterocycles. The second-order valence-corrected chi connectivity index (χ2v) is 8.36. The minimum absolute atomic E-state index is 0.157. The number of aliphatic hydroxyl groups excluding tert-OH is 1. The number of nitrogens with one attached hydrogen (secondary N) is 2. The summed E-state index contributed by atoms with van der Waals surface area (Å²) in [5, 5.41) is 25.5. The van der Waals surface area contributed by atoms with E-state index >= 15 is 0 Å². The van der Waals surface area contributed by atoms with Gasteiger partial charge in [0.15, 0.2) is 0 Å². The molecular weight excluding hydrogens is 404 g/mol. The van der Waals surface area contributed by atoms with Crippen LogP contribution in [0, 0.1) is 22.7 Å². The highest BCUT2D eigenvalue weighted by Gasteiger charge is 2.46. The molecule has 3 unspecified atom stereocenters. The number of aliphatic hydroxyl groups is 1. The summed E-state index contributed by atoms with van der Waals surface area (Å²) >= 11 is 5.58. The first kappa shape index (κ1) is 22.4. The van der Waals surface area contributed by atoms with Crippen LogP contribution in [0.1, 0.15) is 18.9 Å². The lowest BCUT2D eigenvalue weighted by molar-refractivity contribution is 0.0141. The summed E-state index contributed by atoms with van der Waals surface area (Å²) in [6.07, 6.45) is -0.289. The normalized spacial score (nSPS) is 24.4. The van der Waals surface area contributed by atoms with Crippen LogP contribution in [0.25, 0.3) is 0 Å². The number of nitrogens with zero attached hydrogens (tertiary/aromatic N) is 2. The number of benzene rings is 1. The molecule has 3 N–H and O–H groups in total. The van der Waals surface area contributed by atoms with Gasteiger partial charge in [0.1, 0.15) is 18.5 Å². The topological polar surface area (TPSA) is 107 Å². The van der Waals surface area contributed by atoms with Crippen LogP contribution in [0.3, 0.4) is 0 Å². The van der Waals surface area contributed by atoms with Gasteiger partial charge in [0, 0.05) is 31.6 Å². The van der Waals surface area contributed by atoms with Gasteiger partial charge in [-0.15, -0.1) is 0 Å². The Hall–Kier alpha value is -2.25. The van der Waals surface area contributed by atoms with Crippen LogP contribution < -0.4 is 15.4 Å². The lowest BCUT2D eigenvalue weighted by Crippen LogP contribution is -2.63. The van der Waals surface area contributed by atoms with Crippen molar-refractivity contribution in [2.75, 3.05) is 45.9 Å². The summed E-state index contributed by atoms with van der Waals surface area (Å²) in [5.41, 5.74) is 0.200. The van der Waals surface area contributed by atoms with Crippen molar-refractivity contribution in [2.24, 2.45) is 11.3 Å². The number of rotatable bonds is 7. The Bertz CT molecular complexity index is 797. The average Bonchev–Trinajstić information content (AvgIpc) is 2.72. The third-order valence-corrected chi connectivity index (χ3v) is 6.02. The Balaban J connectivity index is 1.56. The SMILES string of the molecule is CCOC(=O)NC(=S)C12CNCC(CN(CC(O)COc3ccc(C#N)cc3)C1)C2. The fourth-order valence-electron chi connectivity index (χ4n) is 4.26. The van der Waals surface area contributed by atoms with E-state index < -0.39 is 12.2 Å². The maximum absolute atomic E-state index is 11.8. The maximum Gasteiger partial charge on any atom is 0.412 e. The number of amides is 1. The van der Waals surface area contributed by atoms with E-state index in [1.165, 1.54) is 0 Å². The van der Waals surface area contributed by atoms with Gasteiger partial charge >= 0.3 is 6.09 Å². The molecule has 2 aliphatic heterocycles. The van der Waals surface area contributed by atoms with Gasteiger partial charge in [-0.3, -0.25) is 10.2 Å². The molecule has 0 aliphatic carbocycles. The maximum atomic E-state index is 11.8. The molecular formula is C21H28N4O4S. The molecule has 3 rings (SSSR count). The molecule has 0 radical (unpaired) electrons. The van der Waals surface area contributed by atoms with Crippen molar-refractivity contribution >= 4 is 23.3 Å². The Morgan fingerprint density at radius 2 is 2.27 bits per heavy atom. The molecule has 1 aromatic carbocycles. The molecule has 0 saturated carbocycles. The highest BCUT2D eigenvalue weighted by atomic mass is 32.1. The van der Waals surface area contributed by atoms with Crippen molar-refractivity contribution in [3.8, 4) is 11.8 Å². The lowest BCUT2D eigenvalue weighted by atomic mass is 9.72. The Morgan fingerprint density at radius 3 is 2.97 bits per heavy atom. The van der Waals surface area contributed by atoms with Crippen molar-refractivity contribution in [3.05, 3.63) is 29.8 Å². The van der Waals surface area contributed by atoms with Crippen LogP contribution in [-0.2, 0) is 4.74 Å². The molecule has 2 heterocycles. The number of piperidine rings is 2. The van der Waals surface area contributed by atoms with Gasteiger partial charge in [0.2, 0.25) is 0 Å². The largest absolute Gasteiger partial charge is 0.491 e. The van der Waals surface area contributed by atoms with Crippen LogP contribution in [0.2, 0.25) is 0 Å². The summed E-state index contributed by atoms with van der Waals surface area (Å²) in [5.74, 6) is 1.00. The van der Waals surface area contributed by atoms with Gasteiger partial charge in [0.25, 0.3) is 0 Å². The second kappa shape index (κ2) is 10.2. The molecule has 0 aromatic heterocycles. The minimum atomic E-state index is -0.670. The molecule has 2 bridgehead atoms. The van der Waals surface area contributed by atoms with E-state index in [-0.39, 0.29) is 12.0 Å². The first-order valence-electron chi connectivity index (χ1n) is 10.2. The van der Waals surface area contributed by atoms with Crippen molar-refractivity contribution in [1.82, 2.24) is 15.5 Å². The number of ether oxygens (including phenoxy) is 2. The van der Waals surface area contributed by atoms with E-state index in [1.807, 2.05) is 0 Å². The van der Waals surface area contributed by atoms with E-state index in [0.717, 1.165) is 19.5 Å². The van der Waals surface area contributed by atoms with Crippen LogP contribution in [0.5, 0.6) is 5.75 Å². The molecule has 1 amide bonds. The number of nitriles is 1. The highest BCUT2D eigenvalue weighted by molar-refractivity contribution is 7.80. The van der Waals surface area contributed by atoms with Crippen molar-refractivity contribution in [1.29, 1.82) is 5.26 Å². The zero-order valence-electron chi connectivity index (χ0n) is 17.1. The minimum Gasteiger partial charge on any atom is -0.491 e. The van der Waals surface area contributed by atoms with Crippen molar-refractivity contribution in [2.45, 2.75) is 19.4 Å². The van der Waals surface area contributed by atoms with Gasteiger partial charge in [0.05, 0.1) is 23.2 Å². The summed E-state index contributed by atoms with van der Waals surface area (Å²) in [4.78, 5) is 14.5. The van der Waals surface area contributed by atoms with E-state index in [4.69, 9.17) is 27.0 Å². The number of fused-ring (bicyclic) bond motifs is 2. The van der Waals surface area contributed by atoms with Crippen LogP contribution >= 0.6 is 12.2 Å². The predicted octanol–water partition coefficient (Wildman–Crippen LogP) is 1.28. The van der Waals surface area contributed by atoms with Gasteiger partial charge in [-0.25, -0.2) is 4.79 Å². The molecule has 1 aromatic rings. The lowest BCUT2D eigenvalue weighted by Gasteiger charge is -2.50. The van der Waals surface area contributed by atoms with Gasteiger partial charge in [-0.1, -0.05) is 12.2 Å². The second-order valence-electron chi connectivity index (χ2n) is 7.95. The van der Waals surface area contributed by atoms with E-state index in [1.54, 1.807) is 31.2 Å². The summed E-state index contributed by atoms with van der Waals surface area (Å²) in [7, 11) is 0. The van der Waals surface area contributed by atoms with Crippen molar-refractivity contribution < 1.29 is 19.4 Å². The number of hydrogen-bond acceptors (Lipinski definition) is 8. The number of alkyl carbamates (subject to hydrolysis) is 1. The van der Waals surface area contributed by atoms with E-state index in [2.05, 4.69) is 21.6 Å². The number of carbonyl (C=O) groups is 1. The van der Waals surface area contributed by atoms with Gasteiger partial charge < -0.3 is 19.9 Å². The Labute approximate surface area is 182 Å². The molecule has 2 fully saturated rings. The molecule has 2 aliphatic rings. The number of likely N-dealkylation sites (tertiary alicyclic amines) is 1. The number of thiocarbonyl (C=S) groups is 1. The summed E-state index contributed by atoms with van der Waals surface area (Å²) in [6, 6.07) is 8.87. The van der Waals surface area contributed by atoms with E-state index in [0.29, 0.717) is 48.5 Å². The third kappa shape index (κ3) is 5.67. The summed E-state index contributed by atoms with van der Waals surface area (Å²) < 4.78 is 10.6. The molecule has 162 valence electrons. The Kier molecular flexibility index (Phi) is 7.61. The van der Waals surface area contributed by atoms with Crippen molar-refractivity contribution in [3.63, 3.8) is 0 Å². The monoisotopic (exact) mass is 432 g/mol. The molecule has 8 nitrogen and oxygen atoms in total. The number of β-amino-alcohol motifs (C(OH)–C–C–N with tert-alkyl or cyclic N) is 1. The smallest absolute Gasteiger partial charge is 0.412 e.